The zero-order valence-corrected chi connectivity index (χ0v) is 19.6. The van der Waals surface area contributed by atoms with E-state index in [9.17, 15) is 14.0 Å². The van der Waals surface area contributed by atoms with Gasteiger partial charge < -0.3 is 10.2 Å². The third-order valence-electron chi connectivity index (χ3n) is 9.61. The quantitative estimate of drug-likeness (QED) is 0.693. The average Bonchev–Trinajstić information content (AvgIpc) is 3.10. The Hall–Kier alpha value is -2.24. The molecule has 0 unspecified atom stereocenters. The number of fused-ring (bicyclic) bond motifs is 5. The molecule has 32 heavy (non-hydrogen) atoms. The van der Waals surface area contributed by atoms with Gasteiger partial charge in [0, 0.05) is 30.5 Å². The lowest BCUT2D eigenvalue weighted by Gasteiger charge is -2.59. The summed E-state index contributed by atoms with van der Waals surface area (Å²) < 4.78 is 13.2. The van der Waals surface area contributed by atoms with Gasteiger partial charge in [0.05, 0.1) is 6.20 Å². The first-order chi connectivity index (χ1) is 15.1. The van der Waals surface area contributed by atoms with Gasteiger partial charge in [0.15, 0.2) is 0 Å². The number of rotatable bonds is 2. The summed E-state index contributed by atoms with van der Waals surface area (Å²) in [6, 6.07) is 2.85. The zero-order chi connectivity index (χ0) is 22.8. The molecule has 0 bridgehead atoms. The van der Waals surface area contributed by atoms with E-state index < -0.39 is 5.82 Å². The van der Waals surface area contributed by atoms with Crippen LogP contribution in [0.3, 0.4) is 0 Å². The summed E-state index contributed by atoms with van der Waals surface area (Å²) in [5, 5.41) is 2.94. The number of piperidine rings is 1. The lowest BCUT2D eigenvalue weighted by Crippen LogP contribution is -2.54. The topological polar surface area (TPSA) is 62.3 Å². The number of hydrogen-bond acceptors (Lipinski definition) is 3. The van der Waals surface area contributed by atoms with Gasteiger partial charge in [-0.15, -0.1) is 0 Å². The van der Waals surface area contributed by atoms with Crippen LogP contribution in [0.1, 0.15) is 65.7 Å². The van der Waals surface area contributed by atoms with Gasteiger partial charge in [0.25, 0.3) is 0 Å². The molecule has 0 radical (unpaired) electrons. The van der Waals surface area contributed by atoms with Crippen LogP contribution in [-0.2, 0) is 9.59 Å². The van der Waals surface area contributed by atoms with Gasteiger partial charge in [-0.1, -0.05) is 19.4 Å². The molecule has 3 fully saturated rings. The van der Waals surface area contributed by atoms with Crippen LogP contribution in [0.15, 0.2) is 29.6 Å². The summed E-state index contributed by atoms with van der Waals surface area (Å²) in [6.45, 7) is 6.91. The van der Waals surface area contributed by atoms with Gasteiger partial charge in [-0.3, -0.25) is 9.59 Å². The Morgan fingerprint density at radius 2 is 1.97 bits per heavy atom. The zero-order valence-electron chi connectivity index (χ0n) is 19.6. The van der Waals surface area contributed by atoms with E-state index in [0.29, 0.717) is 30.0 Å². The molecule has 5 rings (SSSR count). The van der Waals surface area contributed by atoms with E-state index in [1.54, 1.807) is 0 Å². The number of aromatic nitrogens is 1. The molecule has 2 amide bonds. The Kier molecular flexibility index (Phi) is 4.99. The highest BCUT2D eigenvalue weighted by Gasteiger charge is 2.61. The van der Waals surface area contributed by atoms with Crippen LogP contribution in [-0.4, -0.2) is 28.7 Å². The fourth-order valence-electron chi connectivity index (χ4n) is 8.20. The van der Waals surface area contributed by atoms with Crippen molar-refractivity contribution in [2.24, 2.45) is 34.5 Å². The van der Waals surface area contributed by atoms with Crippen molar-refractivity contribution in [2.45, 2.75) is 65.7 Å². The number of hydrogen-bond donors (Lipinski definition) is 1. The van der Waals surface area contributed by atoms with Crippen molar-refractivity contribution in [2.75, 3.05) is 12.4 Å². The maximum Gasteiger partial charge on any atom is 0.229 e. The Balaban J connectivity index is 1.41. The van der Waals surface area contributed by atoms with Crippen LogP contribution in [0, 0.1) is 40.3 Å². The number of anilines is 1. The molecular weight excluding hydrogens is 405 g/mol. The molecule has 2 heterocycles. The minimum Gasteiger partial charge on any atom is -0.319 e. The minimum absolute atomic E-state index is 0.0190. The Morgan fingerprint density at radius 1 is 1.19 bits per heavy atom. The van der Waals surface area contributed by atoms with Crippen molar-refractivity contribution in [1.82, 2.24) is 9.88 Å². The largest absolute Gasteiger partial charge is 0.319 e. The van der Waals surface area contributed by atoms with Gasteiger partial charge in [-0.2, -0.15) is 0 Å². The smallest absolute Gasteiger partial charge is 0.229 e. The summed E-state index contributed by atoms with van der Waals surface area (Å²) in [5.41, 5.74) is 2.65. The summed E-state index contributed by atoms with van der Waals surface area (Å²) in [5.74, 6) is 1.86. The molecule has 1 aromatic heterocycles. The molecule has 1 saturated heterocycles. The summed E-state index contributed by atoms with van der Waals surface area (Å²) in [6.07, 6.45) is 7.84. The monoisotopic (exact) mass is 439 g/mol. The standard InChI is InChI=1S/C26H34FN3O2/c1-15-13-17-18-6-7-20(24(32)29-21-8-5-16(27)14-28-21)25(18,2)11-9-19(17)26(3)12-10-22(31)30(4)23(15)26/h5,8,14,17-20H,6-7,9-13H2,1-4H3,(H,28,29,32)/t17-,18-,19-,20+,25-,26+/m0/s1. The molecule has 6 heteroatoms. The number of nitrogens with one attached hydrogen (secondary N) is 1. The summed E-state index contributed by atoms with van der Waals surface area (Å²) >= 11 is 0. The second-order valence-corrected chi connectivity index (χ2v) is 11.1. The number of amides is 2. The van der Waals surface area contributed by atoms with Crippen LogP contribution in [0.2, 0.25) is 0 Å². The number of carbonyl (C=O) groups is 2. The molecular formula is C26H34FN3O2. The molecule has 0 spiro atoms. The third-order valence-corrected chi connectivity index (χ3v) is 9.61. The average molecular weight is 440 g/mol. The van der Waals surface area contributed by atoms with Crippen LogP contribution < -0.4 is 5.32 Å². The van der Waals surface area contributed by atoms with Crippen LogP contribution >= 0.6 is 0 Å². The SMILES string of the molecule is CC1=C2N(C)C(=O)CC[C@]2(C)[C@H]2CC[C@]3(C)[C@@H](C(=O)Nc4ccc(F)cn4)CC[C@H]3[C@@H]2C1. The van der Waals surface area contributed by atoms with Crippen molar-refractivity contribution in [1.29, 1.82) is 0 Å². The molecule has 1 N–H and O–H groups in total. The highest BCUT2D eigenvalue weighted by molar-refractivity contribution is 5.92. The predicted molar refractivity (Wildman–Crippen MR) is 121 cm³/mol. The molecule has 3 aliphatic carbocycles. The molecule has 4 aliphatic rings. The van der Waals surface area contributed by atoms with E-state index in [1.807, 2.05) is 11.9 Å². The number of likely N-dealkylation sites (tertiary alicyclic amines) is 1. The second-order valence-electron chi connectivity index (χ2n) is 11.1. The van der Waals surface area contributed by atoms with Gasteiger partial charge in [0.2, 0.25) is 11.8 Å². The predicted octanol–water partition coefficient (Wildman–Crippen LogP) is 5.15. The molecule has 0 aromatic carbocycles. The van der Waals surface area contributed by atoms with Crippen molar-refractivity contribution in [3.05, 3.63) is 35.4 Å². The number of pyridine rings is 1. The number of carbonyl (C=O) groups excluding carboxylic acids is 2. The maximum absolute atomic E-state index is 13.3. The Labute approximate surface area is 189 Å². The highest BCUT2D eigenvalue weighted by Crippen LogP contribution is 2.66. The molecule has 5 nitrogen and oxygen atoms in total. The van der Waals surface area contributed by atoms with Crippen molar-refractivity contribution in [3.8, 4) is 0 Å². The van der Waals surface area contributed by atoms with Gasteiger partial charge in [0.1, 0.15) is 11.6 Å². The molecule has 1 aliphatic heterocycles. The van der Waals surface area contributed by atoms with Crippen molar-refractivity contribution < 1.29 is 14.0 Å². The van der Waals surface area contributed by atoms with Crippen LogP contribution in [0.5, 0.6) is 0 Å². The lowest BCUT2D eigenvalue weighted by molar-refractivity contribution is -0.137. The summed E-state index contributed by atoms with van der Waals surface area (Å²) in [7, 11) is 1.95. The number of allylic oxidation sites excluding steroid dienone is 2. The van der Waals surface area contributed by atoms with Crippen LogP contribution in [0.4, 0.5) is 10.2 Å². The van der Waals surface area contributed by atoms with Gasteiger partial charge in [-0.25, -0.2) is 9.37 Å². The van der Waals surface area contributed by atoms with Crippen LogP contribution in [0.25, 0.3) is 0 Å². The molecule has 2 saturated carbocycles. The molecule has 1 aromatic rings. The van der Waals surface area contributed by atoms with E-state index in [0.717, 1.165) is 44.7 Å². The lowest BCUT2D eigenvalue weighted by atomic mass is 9.48. The fourth-order valence-corrected chi connectivity index (χ4v) is 8.20. The first-order valence-corrected chi connectivity index (χ1v) is 12.0. The first kappa shape index (κ1) is 21.6. The van der Waals surface area contributed by atoms with E-state index in [4.69, 9.17) is 0 Å². The van der Waals surface area contributed by atoms with Gasteiger partial charge >= 0.3 is 0 Å². The van der Waals surface area contributed by atoms with E-state index >= 15 is 0 Å². The first-order valence-electron chi connectivity index (χ1n) is 12.0. The van der Waals surface area contributed by atoms with Crippen molar-refractivity contribution in [3.63, 3.8) is 0 Å². The second kappa shape index (κ2) is 7.39. The highest BCUT2D eigenvalue weighted by atomic mass is 19.1. The maximum atomic E-state index is 13.3. The Morgan fingerprint density at radius 3 is 2.69 bits per heavy atom. The third kappa shape index (κ3) is 3.05. The van der Waals surface area contributed by atoms with Crippen molar-refractivity contribution >= 4 is 17.6 Å². The normalized spacial score (nSPS) is 38.8. The van der Waals surface area contributed by atoms with E-state index in [1.165, 1.54) is 23.4 Å². The summed E-state index contributed by atoms with van der Waals surface area (Å²) in [4.78, 5) is 31.6. The fraction of sp³-hybridized carbons (Fsp3) is 0.654. The number of nitrogens with zero attached hydrogens (tertiary/aromatic N) is 2. The van der Waals surface area contributed by atoms with E-state index in [2.05, 4.69) is 31.1 Å². The van der Waals surface area contributed by atoms with Gasteiger partial charge in [-0.05, 0) is 80.8 Å². The molecule has 6 atom stereocenters. The molecule has 172 valence electrons. The Bertz CT molecular complexity index is 989. The van der Waals surface area contributed by atoms with E-state index in [-0.39, 0.29) is 28.6 Å². The minimum atomic E-state index is -0.405. The number of halogens is 1.